The number of aromatic amines is 1. The molecule has 6 heteroatoms. The van der Waals surface area contributed by atoms with Crippen LogP contribution in [-0.2, 0) is 0 Å². The fourth-order valence-corrected chi connectivity index (χ4v) is 5.52. The smallest absolute Gasteiger partial charge is 0.274 e. The Labute approximate surface area is 191 Å². The molecule has 2 aromatic heterocycles. The lowest BCUT2D eigenvalue weighted by Gasteiger charge is -2.22. The van der Waals surface area contributed by atoms with Gasteiger partial charge in [0.25, 0.3) is 5.91 Å². The number of hydrogen-bond acceptors (Lipinski definition) is 4. The Morgan fingerprint density at radius 3 is 2.59 bits per heavy atom. The normalized spacial score (nSPS) is 16.3. The minimum absolute atomic E-state index is 0.0654. The van der Waals surface area contributed by atoms with Gasteiger partial charge in [0.2, 0.25) is 0 Å². The quantitative estimate of drug-likeness (QED) is 0.392. The van der Waals surface area contributed by atoms with Gasteiger partial charge in [0, 0.05) is 6.54 Å². The Balaban J connectivity index is 1.56. The topological polar surface area (TPSA) is 61.9 Å². The molecule has 0 bridgehead atoms. The average molecular weight is 443 g/mol. The first-order valence-corrected chi connectivity index (χ1v) is 11.6. The lowest BCUT2D eigenvalue weighted by molar-refractivity contribution is 0.0728. The zero-order valence-corrected chi connectivity index (χ0v) is 19.6. The minimum Gasteiger partial charge on any atom is -0.340 e. The summed E-state index contributed by atoms with van der Waals surface area (Å²) in [5.41, 5.74) is 8.00. The summed E-state index contributed by atoms with van der Waals surface area (Å²) in [5, 5.41) is 0.886. The molecule has 2 aromatic carbocycles. The number of thiazole rings is 1. The number of benzene rings is 2. The predicted molar refractivity (Wildman–Crippen MR) is 130 cm³/mol. The highest BCUT2D eigenvalue weighted by atomic mass is 32.1. The van der Waals surface area contributed by atoms with Crippen molar-refractivity contribution < 1.29 is 4.79 Å². The van der Waals surface area contributed by atoms with Gasteiger partial charge in [-0.25, -0.2) is 9.97 Å². The number of aryl methyl sites for hydroxylation is 4. The molecule has 162 valence electrons. The predicted octanol–water partition coefficient (Wildman–Crippen LogP) is 6.06. The standard InChI is InChI=1S/C26H26N4OS/c1-14-9-15(2)11-19(10-14)24-23(27-18(5)32-24)26(31)30-13-16(3)12-21(30)25-28-20-8-6-7-17(4)22(20)29-25/h6-11,21H,3,12-13H2,1-2,4-5H3,(H,28,29). The SMILES string of the molecule is C=C1CC(c2nc3c(C)cccc3[nH]2)N(C(=O)c2nc(C)sc2-c2cc(C)cc(C)c2)C1. The molecule has 1 N–H and O–H groups in total. The fourth-order valence-electron chi connectivity index (χ4n) is 4.62. The highest BCUT2D eigenvalue weighted by Crippen LogP contribution is 2.38. The second-order valence-corrected chi connectivity index (χ2v) is 9.99. The first-order chi connectivity index (χ1) is 15.3. The molecule has 1 aliphatic rings. The van der Waals surface area contributed by atoms with Crippen molar-refractivity contribution in [2.45, 2.75) is 40.2 Å². The summed E-state index contributed by atoms with van der Waals surface area (Å²) in [6.45, 7) is 12.9. The zero-order chi connectivity index (χ0) is 22.6. The van der Waals surface area contributed by atoms with Crippen molar-refractivity contribution in [2.75, 3.05) is 6.54 Å². The van der Waals surface area contributed by atoms with Gasteiger partial charge in [-0.05, 0) is 51.3 Å². The molecule has 1 unspecified atom stereocenters. The van der Waals surface area contributed by atoms with Gasteiger partial charge >= 0.3 is 0 Å². The van der Waals surface area contributed by atoms with Gasteiger partial charge in [-0.1, -0.05) is 53.6 Å². The molecule has 1 atom stereocenters. The van der Waals surface area contributed by atoms with Crippen LogP contribution >= 0.6 is 11.3 Å². The minimum atomic E-state index is -0.170. The second kappa shape index (κ2) is 7.71. The van der Waals surface area contributed by atoms with Crippen molar-refractivity contribution in [2.24, 2.45) is 0 Å². The molecule has 1 aliphatic heterocycles. The highest BCUT2D eigenvalue weighted by molar-refractivity contribution is 7.15. The Kier molecular flexibility index (Phi) is 4.97. The Bertz CT molecular complexity index is 1360. The van der Waals surface area contributed by atoms with Gasteiger partial charge in [0.05, 0.1) is 27.0 Å². The summed E-state index contributed by atoms with van der Waals surface area (Å²) in [4.78, 5) is 29.6. The third-order valence-corrected chi connectivity index (χ3v) is 7.00. The monoisotopic (exact) mass is 442 g/mol. The molecule has 0 spiro atoms. The number of H-pyrrole nitrogens is 1. The van der Waals surface area contributed by atoms with Crippen LogP contribution in [0.3, 0.4) is 0 Å². The highest BCUT2D eigenvalue weighted by Gasteiger charge is 2.36. The number of amides is 1. The lowest BCUT2D eigenvalue weighted by atomic mass is 10.0. The first-order valence-electron chi connectivity index (χ1n) is 10.8. The van der Waals surface area contributed by atoms with Gasteiger partial charge in [-0.15, -0.1) is 11.3 Å². The van der Waals surface area contributed by atoms with Crippen molar-refractivity contribution >= 4 is 28.3 Å². The summed E-state index contributed by atoms with van der Waals surface area (Å²) in [6, 6.07) is 12.3. The molecule has 3 heterocycles. The number of nitrogens with one attached hydrogen (secondary N) is 1. The Hall–Kier alpha value is -3.25. The van der Waals surface area contributed by atoms with Crippen LogP contribution in [0.5, 0.6) is 0 Å². The molecule has 0 radical (unpaired) electrons. The zero-order valence-electron chi connectivity index (χ0n) is 18.8. The molecule has 1 amide bonds. The van der Waals surface area contributed by atoms with Gasteiger partial charge in [-0.2, -0.15) is 0 Å². The van der Waals surface area contributed by atoms with E-state index in [2.05, 4.69) is 61.6 Å². The van der Waals surface area contributed by atoms with Crippen molar-refractivity contribution in [3.63, 3.8) is 0 Å². The molecule has 1 fully saturated rings. The number of rotatable bonds is 3. The van der Waals surface area contributed by atoms with E-state index in [1.807, 2.05) is 24.0 Å². The molecule has 4 aromatic rings. The summed E-state index contributed by atoms with van der Waals surface area (Å²) >= 11 is 1.57. The second-order valence-electron chi connectivity index (χ2n) is 8.78. The first kappa shape index (κ1) is 20.6. The van der Waals surface area contributed by atoms with E-state index in [9.17, 15) is 4.79 Å². The third kappa shape index (κ3) is 3.54. The van der Waals surface area contributed by atoms with Crippen LogP contribution < -0.4 is 0 Å². The van der Waals surface area contributed by atoms with Crippen LogP contribution in [-0.4, -0.2) is 32.3 Å². The third-order valence-electron chi connectivity index (χ3n) is 5.98. The maximum absolute atomic E-state index is 13.8. The largest absolute Gasteiger partial charge is 0.340 e. The summed E-state index contributed by atoms with van der Waals surface area (Å²) < 4.78 is 0. The number of hydrogen-bond donors (Lipinski definition) is 1. The van der Waals surface area contributed by atoms with Crippen molar-refractivity contribution in [3.05, 3.63) is 81.8 Å². The maximum atomic E-state index is 13.8. The van der Waals surface area contributed by atoms with Crippen molar-refractivity contribution in [1.29, 1.82) is 0 Å². The number of likely N-dealkylation sites (tertiary alicyclic amines) is 1. The average Bonchev–Trinajstić information content (AvgIpc) is 3.43. The molecular weight excluding hydrogens is 416 g/mol. The van der Waals surface area contributed by atoms with Crippen LogP contribution in [0.1, 0.15) is 50.5 Å². The summed E-state index contributed by atoms with van der Waals surface area (Å²) in [5.74, 6) is 0.741. The van der Waals surface area contributed by atoms with E-state index >= 15 is 0 Å². The number of carbonyl (C=O) groups is 1. The number of para-hydroxylation sites is 1. The maximum Gasteiger partial charge on any atom is 0.274 e. The van der Waals surface area contributed by atoms with E-state index < -0.39 is 0 Å². The van der Waals surface area contributed by atoms with Gasteiger partial charge < -0.3 is 9.88 Å². The molecule has 0 saturated carbocycles. The van der Waals surface area contributed by atoms with Gasteiger partial charge in [0.15, 0.2) is 0 Å². The fraction of sp³-hybridized carbons (Fsp3) is 0.269. The molecule has 5 nitrogen and oxygen atoms in total. The Morgan fingerprint density at radius 1 is 1.12 bits per heavy atom. The van der Waals surface area contributed by atoms with Crippen LogP contribution in [0, 0.1) is 27.7 Å². The molecular formula is C26H26N4OS. The number of nitrogens with zero attached hydrogens (tertiary/aromatic N) is 3. The van der Waals surface area contributed by atoms with E-state index in [1.54, 1.807) is 11.3 Å². The van der Waals surface area contributed by atoms with E-state index in [0.717, 1.165) is 43.4 Å². The van der Waals surface area contributed by atoms with Crippen LogP contribution in [0.15, 0.2) is 48.6 Å². The summed E-state index contributed by atoms with van der Waals surface area (Å²) in [6.07, 6.45) is 0.701. The number of carbonyl (C=O) groups excluding carboxylic acids is 1. The van der Waals surface area contributed by atoms with E-state index in [-0.39, 0.29) is 11.9 Å². The van der Waals surface area contributed by atoms with Gasteiger partial charge in [-0.3, -0.25) is 4.79 Å². The number of aromatic nitrogens is 3. The van der Waals surface area contributed by atoms with E-state index in [4.69, 9.17) is 4.98 Å². The molecule has 32 heavy (non-hydrogen) atoms. The molecule has 5 rings (SSSR count). The van der Waals surface area contributed by atoms with E-state index in [1.165, 1.54) is 11.1 Å². The van der Waals surface area contributed by atoms with E-state index in [0.29, 0.717) is 18.7 Å². The van der Waals surface area contributed by atoms with Crippen molar-refractivity contribution in [3.8, 4) is 10.4 Å². The van der Waals surface area contributed by atoms with Crippen LogP contribution in [0.4, 0.5) is 0 Å². The Morgan fingerprint density at radius 2 is 1.88 bits per heavy atom. The molecule has 0 aliphatic carbocycles. The van der Waals surface area contributed by atoms with Crippen LogP contribution in [0.25, 0.3) is 21.5 Å². The van der Waals surface area contributed by atoms with Crippen LogP contribution in [0.2, 0.25) is 0 Å². The number of imidazole rings is 1. The van der Waals surface area contributed by atoms with Crippen molar-refractivity contribution in [1.82, 2.24) is 19.9 Å². The van der Waals surface area contributed by atoms with Gasteiger partial charge in [0.1, 0.15) is 11.5 Å². The molecule has 1 saturated heterocycles. The number of fused-ring (bicyclic) bond motifs is 1. The lowest BCUT2D eigenvalue weighted by Crippen LogP contribution is -2.31. The summed E-state index contributed by atoms with van der Waals surface area (Å²) in [7, 11) is 0.